The van der Waals surface area contributed by atoms with E-state index in [1.807, 2.05) is 33.0 Å². The summed E-state index contributed by atoms with van der Waals surface area (Å²) in [5.74, 6) is 0.613. The minimum Gasteiger partial charge on any atom is -0.489 e. The van der Waals surface area contributed by atoms with E-state index in [4.69, 9.17) is 21.1 Å². The van der Waals surface area contributed by atoms with Gasteiger partial charge >= 0.3 is 0 Å². The topological polar surface area (TPSA) is 50.7 Å². The molecule has 0 fully saturated rings. The van der Waals surface area contributed by atoms with Gasteiger partial charge in [-0.05, 0) is 27.0 Å². The third-order valence-corrected chi connectivity index (χ3v) is 2.76. The molecule has 0 bridgehead atoms. The SMILES string of the molecule is CNCc1cccc(Cl)c1OCC(O)COC(C)C. The molecule has 0 aliphatic heterocycles. The fraction of sp³-hybridized carbons (Fsp3) is 0.571. The lowest BCUT2D eigenvalue weighted by atomic mass is 10.2. The lowest BCUT2D eigenvalue weighted by molar-refractivity contribution is -0.0124. The molecule has 0 spiro atoms. The van der Waals surface area contributed by atoms with Gasteiger partial charge in [-0.25, -0.2) is 0 Å². The third-order valence-electron chi connectivity index (χ3n) is 2.46. The van der Waals surface area contributed by atoms with E-state index in [1.165, 1.54) is 0 Å². The second-order valence-corrected chi connectivity index (χ2v) is 5.01. The number of ether oxygens (including phenoxy) is 2. The zero-order valence-electron chi connectivity index (χ0n) is 11.6. The molecular weight excluding hydrogens is 266 g/mol. The number of para-hydroxylation sites is 1. The van der Waals surface area contributed by atoms with Crippen molar-refractivity contribution >= 4 is 11.6 Å². The smallest absolute Gasteiger partial charge is 0.142 e. The molecule has 5 heteroatoms. The molecule has 1 unspecified atom stereocenters. The number of aliphatic hydroxyl groups is 1. The summed E-state index contributed by atoms with van der Waals surface area (Å²) < 4.78 is 10.9. The van der Waals surface area contributed by atoms with Gasteiger partial charge in [0.2, 0.25) is 0 Å². The molecule has 0 saturated carbocycles. The van der Waals surface area contributed by atoms with E-state index < -0.39 is 6.10 Å². The van der Waals surface area contributed by atoms with Gasteiger partial charge in [0, 0.05) is 12.1 Å². The van der Waals surface area contributed by atoms with Crippen LogP contribution in [0, 0.1) is 0 Å². The summed E-state index contributed by atoms with van der Waals surface area (Å²) in [6, 6.07) is 5.59. The van der Waals surface area contributed by atoms with Crippen LogP contribution in [0.3, 0.4) is 0 Å². The monoisotopic (exact) mass is 287 g/mol. The Morgan fingerprint density at radius 2 is 2.05 bits per heavy atom. The highest BCUT2D eigenvalue weighted by Gasteiger charge is 2.11. The van der Waals surface area contributed by atoms with Gasteiger partial charge in [-0.15, -0.1) is 0 Å². The van der Waals surface area contributed by atoms with Gasteiger partial charge in [0.25, 0.3) is 0 Å². The Morgan fingerprint density at radius 3 is 2.68 bits per heavy atom. The molecule has 0 heterocycles. The van der Waals surface area contributed by atoms with E-state index >= 15 is 0 Å². The van der Waals surface area contributed by atoms with E-state index in [-0.39, 0.29) is 19.3 Å². The van der Waals surface area contributed by atoms with Crippen LogP contribution in [0.2, 0.25) is 5.02 Å². The van der Waals surface area contributed by atoms with Crippen molar-refractivity contribution in [2.75, 3.05) is 20.3 Å². The molecule has 1 aromatic carbocycles. The Morgan fingerprint density at radius 1 is 1.32 bits per heavy atom. The van der Waals surface area contributed by atoms with Crippen LogP contribution in [0.25, 0.3) is 0 Å². The van der Waals surface area contributed by atoms with Gasteiger partial charge in [0.15, 0.2) is 0 Å². The fourth-order valence-electron chi connectivity index (χ4n) is 1.58. The van der Waals surface area contributed by atoms with Gasteiger partial charge in [-0.3, -0.25) is 0 Å². The van der Waals surface area contributed by atoms with Crippen LogP contribution >= 0.6 is 11.6 Å². The Kier molecular flexibility index (Phi) is 7.16. The first kappa shape index (κ1) is 16.2. The van der Waals surface area contributed by atoms with Gasteiger partial charge < -0.3 is 19.9 Å². The molecule has 1 rings (SSSR count). The maximum absolute atomic E-state index is 9.76. The predicted molar refractivity (Wildman–Crippen MR) is 76.8 cm³/mol. The highest BCUT2D eigenvalue weighted by atomic mass is 35.5. The third kappa shape index (κ3) is 5.78. The molecule has 0 saturated heterocycles. The first-order valence-electron chi connectivity index (χ1n) is 6.39. The van der Waals surface area contributed by atoms with Gasteiger partial charge in [-0.1, -0.05) is 23.7 Å². The minimum absolute atomic E-state index is 0.0924. The molecular formula is C14H22ClNO3. The second-order valence-electron chi connectivity index (χ2n) is 4.61. The Labute approximate surface area is 119 Å². The van der Waals surface area contributed by atoms with E-state index in [1.54, 1.807) is 6.07 Å². The molecule has 0 aromatic heterocycles. The number of rotatable bonds is 8. The molecule has 0 radical (unpaired) electrons. The van der Waals surface area contributed by atoms with Crippen LogP contribution in [0.4, 0.5) is 0 Å². The number of halogens is 1. The number of benzene rings is 1. The molecule has 2 N–H and O–H groups in total. The van der Waals surface area contributed by atoms with Crippen molar-refractivity contribution in [2.24, 2.45) is 0 Å². The standard InChI is InChI=1S/C14H22ClNO3/c1-10(2)18-8-12(17)9-19-14-11(7-16-3)5-4-6-13(14)15/h4-6,10,12,16-17H,7-9H2,1-3H3. The first-order valence-corrected chi connectivity index (χ1v) is 6.76. The van der Waals surface area contributed by atoms with E-state index in [0.29, 0.717) is 17.3 Å². The van der Waals surface area contributed by atoms with Crippen molar-refractivity contribution in [3.05, 3.63) is 28.8 Å². The van der Waals surface area contributed by atoms with Crippen molar-refractivity contribution in [3.8, 4) is 5.75 Å². The van der Waals surface area contributed by atoms with E-state index in [0.717, 1.165) is 5.56 Å². The van der Waals surface area contributed by atoms with Crippen molar-refractivity contribution in [3.63, 3.8) is 0 Å². The zero-order chi connectivity index (χ0) is 14.3. The van der Waals surface area contributed by atoms with Crippen LogP contribution in [-0.4, -0.2) is 37.6 Å². The van der Waals surface area contributed by atoms with Crippen LogP contribution in [-0.2, 0) is 11.3 Å². The lowest BCUT2D eigenvalue weighted by Crippen LogP contribution is -2.25. The number of aliphatic hydroxyl groups excluding tert-OH is 1. The van der Waals surface area contributed by atoms with Gasteiger partial charge in [0.05, 0.1) is 17.7 Å². The summed E-state index contributed by atoms with van der Waals surface area (Å²) in [7, 11) is 1.86. The summed E-state index contributed by atoms with van der Waals surface area (Å²) in [6.45, 7) is 4.92. The van der Waals surface area contributed by atoms with Crippen LogP contribution < -0.4 is 10.1 Å². The molecule has 1 atom stereocenters. The molecule has 19 heavy (non-hydrogen) atoms. The number of hydrogen-bond donors (Lipinski definition) is 2. The molecule has 0 amide bonds. The van der Waals surface area contributed by atoms with E-state index in [9.17, 15) is 5.11 Å². The van der Waals surface area contributed by atoms with Crippen molar-refractivity contribution in [1.29, 1.82) is 0 Å². The predicted octanol–water partition coefficient (Wildman–Crippen LogP) is 2.22. The fourth-order valence-corrected chi connectivity index (χ4v) is 1.82. The lowest BCUT2D eigenvalue weighted by Gasteiger charge is -2.17. The van der Waals surface area contributed by atoms with E-state index in [2.05, 4.69) is 5.32 Å². The van der Waals surface area contributed by atoms with Crippen LogP contribution in [0.15, 0.2) is 18.2 Å². The summed E-state index contributed by atoms with van der Waals surface area (Å²) in [5.41, 5.74) is 0.965. The number of nitrogens with one attached hydrogen (secondary N) is 1. The Hall–Kier alpha value is -0.810. The quantitative estimate of drug-likeness (QED) is 0.770. The second kappa shape index (κ2) is 8.38. The van der Waals surface area contributed by atoms with Crippen molar-refractivity contribution in [2.45, 2.75) is 32.6 Å². The summed E-state index contributed by atoms with van der Waals surface area (Å²) in [6.07, 6.45) is -0.573. The maximum atomic E-state index is 9.76. The first-order chi connectivity index (χ1) is 9.04. The molecule has 0 aliphatic rings. The summed E-state index contributed by atoms with van der Waals surface area (Å²) >= 11 is 6.11. The summed E-state index contributed by atoms with van der Waals surface area (Å²) in [4.78, 5) is 0. The zero-order valence-corrected chi connectivity index (χ0v) is 12.4. The molecule has 108 valence electrons. The van der Waals surface area contributed by atoms with Crippen molar-refractivity contribution < 1.29 is 14.6 Å². The Bertz CT molecular complexity index is 385. The van der Waals surface area contributed by atoms with Gasteiger partial charge in [-0.2, -0.15) is 0 Å². The molecule has 1 aromatic rings. The average Bonchev–Trinajstić information content (AvgIpc) is 2.36. The average molecular weight is 288 g/mol. The largest absolute Gasteiger partial charge is 0.489 e. The maximum Gasteiger partial charge on any atom is 0.142 e. The highest BCUT2D eigenvalue weighted by Crippen LogP contribution is 2.28. The highest BCUT2D eigenvalue weighted by molar-refractivity contribution is 6.32. The van der Waals surface area contributed by atoms with Crippen molar-refractivity contribution in [1.82, 2.24) is 5.32 Å². The van der Waals surface area contributed by atoms with Gasteiger partial charge in [0.1, 0.15) is 18.5 Å². The molecule has 4 nitrogen and oxygen atoms in total. The minimum atomic E-state index is -0.666. The van der Waals surface area contributed by atoms with Crippen LogP contribution in [0.5, 0.6) is 5.75 Å². The summed E-state index contributed by atoms with van der Waals surface area (Å²) in [5, 5.41) is 13.4. The molecule has 0 aliphatic carbocycles. The normalized spacial score (nSPS) is 12.7. The number of hydrogen-bond acceptors (Lipinski definition) is 4. The Balaban J connectivity index is 2.56. The van der Waals surface area contributed by atoms with Crippen LogP contribution in [0.1, 0.15) is 19.4 Å².